The lowest BCUT2D eigenvalue weighted by Gasteiger charge is -2.08. The molecule has 2 amide bonds. The predicted octanol–water partition coefficient (Wildman–Crippen LogP) is 3.19. The van der Waals surface area contributed by atoms with E-state index in [0.717, 1.165) is 4.88 Å². The molecular weight excluding hydrogens is 322 g/mol. The number of rotatable bonds is 3. The molecule has 5 nitrogen and oxygen atoms in total. The summed E-state index contributed by atoms with van der Waals surface area (Å²) in [6, 6.07) is 8.84. The average molecular weight is 336 g/mol. The molecule has 0 unspecified atom stereocenters. The van der Waals surface area contributed by atoms with Gasteiger partial charge in [0.25, 0.3) is 0 Å². The van der Waals surface area contributed by atoms with Crippen molar-refractivity contribution in [1.29, 1.82) is 0 Å². The zero-order valence-corrected chi connectivity index (χ0v) is 13.6. The Labute approximate surface area is 137 Å². The van der Waals surface area contributed by atoms with E-state index in [-0.39, 0.29) is 0 Å². The van der Waals surface area contributed by atoms with Crippen molar-refractivity contribution in [3.8, 4) is 0 Å². The topological polar surface area (TPSA) is 70.6 Å². The Morgan fingerprint density at radius 3 is 2.64 bits per heavy atom. The minimum atomic E-state index is -0.838. The third-order valence-electron chi connectivity index (χ3n) is 2.93. The van der Waals surface area contributed by atoms with Gasteiger partial charge in [-0.25, -0.2) is 5.43 Å². The lowest BCUT2D eigenvalue weighted by Crippen LogP contribution is -2.33. The molecule has 114 valence electrons. The van der Waals surface area contributed by atoms with E-state index in [9.17, 15) is 9.59 Å². The number of thiophene rings is 1. The quantitative estimate of drug-likeness (QED) is 0.513. The molecular formula is C15H14ClN3O2S. The standard InChI is InChI=1S/C15H14ClN3O2S/c1-9-11(16)5-3-6-12(9)17-14(20)15(21)19-18-10(2)13-7-4-8-22-13/h3-8H,1-2H3,(H,17,20)(H,19,21)/b18-10+. The third kappa shape index (κ3) is 3.93. The number of hydrogen-bond acceptors (Lipinski definition) is 4. The van der Waals surface area contributed by atoms with Crippen LogP contribution in [0.3, 0.4) is 0 Å². The molecule has 0 bridgehead atoms. The fraction of sp³-hybridized carbons (Fsp3) is 0.133. The van der Waals surface area contributed by atoms with Gasteiger partial charge in [0.15, 0.2) is 0 Å². The molecule has 0 saturated carbocycles. The van der Waals surface area contributed by atoms with Crippen molar-refractivity contribution in [2.45, 2.75) is 13.8 Å². The van der Waals surface area contributed by atoms with Crippen molar-refractivity contribution >= 4 is 46.2 Å². The summed E-state index contributed by atoms with van der Waals surface area (Å²) >= 11 is 7.46. The summed E-state index contributed by atoms with van der Waals surface area (Å²) in [4.78, 5) is 24.5. The van der Waals surface area contributed by atoms with E-state index in [1.807, 2.05) is 17.5 Å². The normalized spacial score (nSPS) is 11.1. The number of nitrogens with one attached hydrogen (secondary N) is 2. The zero-order chi connectivity index (χ0) is 16.1. The lowest BCUT2D eigenvalue weighted by molar-refractivity contribution is -0.136. The summed E-state index contributed by atoms with van der Waals surface area (Å²) in [6.45, 7) is 3.51. The number of nitrogens with zero attached hydrogens (tertiary/aromatic N) is 1. The van der Waals surface area contributed by atoms with Crippen molar-refractivity contribution in [2.24, 2.45) is 5.10 Å². The maximum absolute atomic E-state index is 11.8. The molecule has 0 aliphatic heterocycles. The molecule has 0 fully saturated rings. The van der Waals surface area contributed by atoms with Crippen LogP contribution >= 0.6 is 22.9 Å². The van der Waals surface area contributed by atoms with Gasteiger partial charge >= 0.3 is 11.8 Å². The summed E-state index contributed by atoms with van der Waals surface area (Å²) in [5.74, 6) is -1.64. The van der Waals surface area contributed by atoms with Crippen molar-refractivity contribution < 1.29 is 9.59 Å². The summed E-state index contributed by atoms with van der Waals surface area (Å²) in [7, 11) is 0. The van der Waals surface area contributed by atoms with Gasteiger partial charge in [0.05, 0.1) is 5.71 Å². The van der Waals surface area contributed by atoms with E-state index in [0.29, 0.717) is 22.0 Å². The van der Waals surface area contributed by atoms with Gasteiger partial charge in [0, 0.05) is 15.6 Å². The number of carbonyl (C=O) groups excluding carboxylic acids is 2. The zero-order valence-electron chi connectivity index (χ0n) is 12.0. The number of benzene rings is 1. The molecule has 7 heteroatoms. The van der Waals surface area contributed by atoms with Crippen LogP contribution in [0.1, 0.15) is 17.4 Å². The third-order valence-corrected chi connectivity index (χ3v) is 4.31. The Balaban J connectivity index is 1.99. The summed E-state index contributed by atoms with van der Waals surface area (Å²) in [5.41, 5.74) is 4.06. The molecule has 22 heavy (non-hydrogen) atoms. The van der Waals surface area contributed by atoms with Crippen LogP contribution in [0.25, 0.3) is 0 Å². The fourth-order valence-corrected chi connectivity index (χ4v) is 2.50. The minimum absolute atomic E-state index is 0.492. The number of hydrogen-bond donors (Lipinski definition) is 2. The number of carbonyl (C=O) groups is 2. The van der Waals surface area contributed by atoms with Crippen LogP contribution in [0.5, 0.6) is 0 Å². The first-order valence-corrected chi connectivity index (χ1v) is 7.69. The number of halogens is 1. The number of anilines is 1. The summed E-state index contributed by atoms with van der Waals surface area (Å²) < 4.78 is 0. The van der Waals surface area contributed by atoms with Gasteiger partial charge < -0.3 is 5.32 Å². The highest BCUT2D eigenvalue weighted by molar-refractivity contribution is 7.12. The molecule has 2 aromatic rings. The fourth-order valence-electron chi connectivity index (χ4n) is 1.65. The average Bonchev–Trinajstić information content (AvgIpc) is 3.03. The molecule has 0 spiro atoms. The van der Waals surface area contributed by atoms with Gasteiger partial charge in [0.2, 0.25) is 0 Å². The Kier molecular flexibility index (Phi) is 5.30. The first-order chi connectivity index (χ1) is 10.5. The van der Waals surface area contributed by atoms with Crippen LogP contribution in [-0.2, 0) is 9.59 Å². The Bertz CT molecular complexity index is 726. The number of hydrazone groups is 1. The predicted molar refractivity (Wildman–Crippen MR) is 89.5 cm³/mol. The molecule has 0 radical (unpaired) electrons. The van der Waals surface area contributed by atoms with Gasteiger partial charge in [-0.15, -0.1) is 11.3 Å². The van der Waals surface area contributed by atoms with Crippen LogP contribution in [0, 0.1) is 6.92 Å². The molecule has 2 rings (SSSR count). The first-order valence-electron chi connectivity index (χ1n) is 6.43. The lowest BCUT2D eigenvalue weighted by atomic mass is 10.2. The Morgan fingerprint density at radius 1 is 1.18 bits per heavy atom. The van der Waals surface area contributed by atoms with Crippen molar-refractivity contribution in [3.05, 3.63) is 51.2 Å². The minimum Gasteiger partial charge on any atom is -0.317 e. The molecule has 1 heterocycles. The molecule has 1 aromatic carbocycles. The van der Waals surface area contributed by atoms with E-state index in [1.165, 1.54) is 11.3 Å². The van der Waals surface area contributed by atoms with E-state index >= 15 is 0 Å². The summed E-state index contributed by atoms with van der Waals surface area (Å²) in [5, 5.41) is 8.84. The van der Waals surface area contributed by atoms with Gasteiger partial charge in [0.1, 0.15) is 0 Å². The highest BCUT2D eigenvalue weighted by atomic mass is 35.5. The van der Waals surface area contributed by atoms with Gasteiger partial charge in [-0.2, -0.15) is 5.10 Å². The monoisotopic (exact) mass is 335 g/mol. The molecule has 0 saturated heterocycles. The van der Waals surface area contributed by atoms with Crippen LogP contribution in [0.4, 0.5) is 5.69 Å². The second-order valence-corrected chi connectivity index (χ2v) is 5.84. The molecule has 0 atom stereocenters. The van der Waals surface area contributed by atoms with Crippen molar-refractivity contribution in [2.75, 3.05) is 5.32 Å². The molecule has 0 aliphatic rings. The second kappa shape index (κ2) is 7.20. The van der Waals surface area contributed by atoms with E-state index in [4.69, 9.17) is 11.6 Å². The van der Waals surface area contributed by atoms with Crippen molar-refractivity contribution in [1.82, 2.24) is 5.43 Å². The van der Waals surface area contributed by atoms with Gasteiger partial charge in [-0.3, -0.25) is 9.59 Å². The maximum Gasteiger partial charge on any atom is 0.329 e. The van der Waals surface area contributed by atoms with E-state index < -0.39 is 11.8 Å². The van der Waals surface area contributed by atoms with E-state index in [1.54, 1.807) is 32.0 Å². The molecule has 2 N–H and O–H groups in total. The van der Waals surface area contributed by atoms with Crippen molar-refractivity contribution in [3.63, 3.8) is 0 Å². The SMILES string of the molecule is C/C(=N\NC(=O)C(=O)Nc1cccc(Cl)c1C)c1cccs1. The first kappa shape index (κ1) is 16.2. The van der Waals surface area contributed by atoms with Crippen LogP contribution < -0.4 is 10.7 Å². The van der Waals surface area contributed by atoms with E-state index in [2.05, 4.69) is 15.8 Å². The van der Waals surface area contributed by atoms with Gasteiger partial charge in [-0.05, 0) is 43.0 Å². The van der Waals surface area contributed by atoms with Crippen LogP contribution in [0.15, 0.2) is 40.8 Å². The highest BCUT2D eigenvalue weighted by Gasteiger charge is 2.15. The Hall–Kier alpha value is -2.18. The largest absolute Gasteiger partial charge is 0.329 e. The highest BCUT2D eigenvalue weighted by Crippen LogP contribution is 2.22. The summed E-state index contributed by atoms with van der Waals surface area (Å²) in [6.07, 6.45) is 0. The number of amides is 2. The van der Waals surface area contributed by atoms with Crippen LogP contribution in [0.2, 0.25) is 5.02 Å². The Morgan fingerprint density at radius 2 is 1.95 bits per heavy atom. The van der Waals surface area contributed by atoms with Gasteiger partial charge in [-0.1, -0.05) is 23.7 Å². The maximum atomic E-state index is 11.8. The second-order valence-electron chi connectivity index (χ2n) is 4.48. The molecule has 1 aromatic heterocycles. The smallest absolute Gasteiger partial charge is 0.317 e. The van der Waals surface area contributed by atoms with Crippen LogP contribution in [-0.4, -0.2) is 17.5 Å². The molecule has 0 aliphatic carbocycles.